The van der Waals surface area contributed by atoms with Crippen LogP contribution in [-0.4, -0.2) is 17.8 Å². The topological polar surface area (TPSA) is 63.7 Å². The van der Waals surface area contributed by atoms with Crippen LogP contribution in [0.1, 0.15) is 27.9 Å². The van der Waals surface area contributed by atoms with Crippen molar-refractivity contribution in [2.24, 2.45) is 23.7 Å². The third-order valence-electron chi connectivity index (χ3n) is 6.50. The average molecular weight is 387 g/mol. The number of nitrogens with zero attached hydrogens (tertiary/aromatic N) is 1. The Morgan fingerprint density at radius 2 is 1.62 bits per heavy atom. The highest BCUT2D eigenvalue weighted by Gasteiger charge is 2.59. The predicted molar refractivity (Wildman–Crippen MR) is 108 cm³/mol. The smallest absolute Gasteiger partial charge is 0.343 e. The molecular weight excluding hydrogens is 366 g/mol. The minimum Gasteiger partial charge on any atom is -0.423 e. The number of imide groups is 1. The molecule has 2 aromatic carbocycles. The standard InChI is InChI=1S/C24H21NO4/c1-13-6-9-19(10-14(13)2)29-24(28)17-4-3-5-18(12-17)25-22(26)20-15-7-8-16(11-15)21(20)23(25)27/h3-10,12,15-16,20-21H,11H2,1-2H3/t15-,16-,20-,21+/m0/s1. The Labute approximate surface area is 169 Å². The van der Waals surface area contributed by atoms with Gasteiger partial charge in [-0.15, -0.1) is 0 Å². The molecule has 4 atom stereocenters. The van der Waals surface area contributed by atoms with Gasteiger partial charge < -0.3 is 4.74 Å². The van der Waals surface area contributed by atoms with Crippen molar-refractivity contribution in [1.29, 1.82) is 0 Å². The molecule has 1 saturated heterocycles. The Kier molecular flexibility index (Phi) is 3.95. The molecule has 29 heavy (non-hydrogen) atoms. The van der Waals surface area contributed by atoms with Crippen LogP contribution in [0, 0.1) is 37.5 Å². The van der Waals surface area contributed by atoms with Crippen LogP contribution >= 0.6 is 0 Å². The molecule has 5 heteroatoms. The highest BCUT2D eigenvalue weighted by molar-refractivity contribution is 6.23. The fraction of sp³-hybridized carbons (Fsp3) is 0.292. The highest BCUT2D eigenvalue weighted by Crippen LogP contribution is 2.53. The molecule has 2 fully saturated rings. The maximum atomic E-state index is 13.0. The Morgan fingerprint density at radius 1 is 0.931 bits per heavy atom. The molecule has 2 bridgehead atoms. The van der Waals surface area contributed by atoms with Crippen molar-refractivity contribution in [3.8, 4) is 5.75 Å². The van der Waals surface area contributed by atoms with E-state index in [-0.39, 0.29) is 35.5 Å². The monoisotopic (exact) mass is 387 g/mol. The first-order valence-electron chi connectivity index (χ1n) is 9.89. The normalized spacial score (nSPS) is 26.9. The van der Waals surface area contributed by atoms with E-state index in [2.05, 4.69) is 12.2 Å². The molecule has 0 N–H and O–H groups in total. The van der Waals surface area contributed by atoms with Crippen LogP contribution in [0.25, 0.3) is 0 Å². The molecule has 2 amide bonds. The molecule has 5 rings (SSSR count). The molecule has 5 nitrogen and oxygen atoms in total. The minimum absolute atomic E-state index is 0.156. The van der Waals surface area contributed by atoms with Crippen molar-refractivity contribution in [3.63, 3.8) is 0 Å². The quantitative estimate of drug-likeness (QED) is 0.347. The number of carbonyl (C=O) groups is 3. The van der Waals surface area contributed by atoms with Gasteiger partial charge in [-0.1, -0.05) is 24.3 Å². The van der Waals surface area contributed by atoms with Crippen LogP contribution in [0.3, 0.4) is 0 Å². The number of hydrogen-bond donors (Lipinski definition) is 0. The Balaban J connectivity index is 1.40. The third kappa shape index (κ3) is 2.72. The lowest BCUT2D eigenvalue weighted by Crippen LogP contribution is -2.33. The largest absolute Gasteiger partial charge is 0.423 e. The lowest BCUT2D eigenvalue weighted by Gasteiger charge is -2.18. The number of anilines is 1. The number of rotatable bonds is 3. The summed E-state index contributed by atoms with van der Waals surface area (Å²) in [5, 5.41) is 0. The average Bonchev–Trinajstić information content (AvgIpc) is 3.38. The zero-order chi connectivity index (χ0) is 20.3. The fourth-order valence-electron chi connectivity index (χ4n) is 4.87. The lowest BCUT2D eigenvalue weighted by molar-refractivity contribution is -0.123. The summed E-state index contributed by atoms with van der Waals surface area (Å²) in [6.07, 6.45) is 5.03. The Bertz CT molecular complexity index is 1060. The number of ether oxygens (including phenoxy) is 1. The minimum atomic E-state index is -0.517. The number of hydrogen-bond acceptors (Lipinski definition) is 4. The highest BCUT2D eigenvalue weighted by atomic mass is 16.5. The Morgan fingerprint density at radius 3 is 2.28 bits per heavy atom. The van der Waals surface area contributed by atoms with Crippen LogP contribution in [0.15, 0.2) is 54.6 Å². The van der Waals surface area contributed by atoms with Crippen molar-refractivity contribution in [2.45, 2.75) is 20.3 Å². The van der Waals surface area contributed by atoms with E-state index in [1.54, 1.807) is 30.3 Å². The van der Waals surface area contributed by atoms with Crippen molar-refractivity contribution < 1.29 is 19.1 Å². The van der Waals surface area contributed by atoms with Gasteiger partial charge in [0.25, 0.3) is 0 Å². The maximum absolute atomic E-state index is 13.0. The number of amides is 2. The first kappa shape index (κ1) is 17.9. The van der Waals surface area contributed by atoms with Crippen LogP contribution in [0.4, 0.5) is 5.69 Å². The van der Waals surface area contributed by atoms with Crippen molar-refractivity contribution in [3.05, 3.63) is 71.3 Å². The molecule has 0 spiro atoms. The van der Waals surface area contributed by atoms with Gasteiger partial charge in [0.15, 0.2) is 0 Å². The molecule has 0 radical (unpaired) electrons. The second-order valence-corrected chi connectivity index (χ2v) is 8.20. The van der Waals surface area contributed by atoms with Gasteiger partial charge in [-0.25, -0.2) is 9.69 Å². The molecule has 1 saturated carbocycles. The third-order valence-corrected chi connectivity index (χ3v) is 6.50. The van der Waals surface area contributed by atoms with Crippen molar-refractivity contribution in [2.75, 3.05) is 4.90 Å². The molecular formula is C24H21NO4. The first-order chi connectivity index (χ1) is 13.9. The van der Waals surface area contributed by atoms with E-state index in [4.69, 9.17) is 4.74 Å². The van der Waals surface area contributed by atoms with E-state index in [1.165, 1.54) is 4.90 Å². The van der Waals surface area contributed by atoms with Gasteiger partial charge in [0.1, 0.15) is 5.75 Å². The van der Waals surface area contributed by atoms with Gasteiger partial charge in [-0.2, -0.15) is 0 Å². The summed E-state index contributed by atoms with van der Waals surface area (Å²) in [5.41, 5.74) is 2.89. The molecule has 2 aromatic rings. The summed E-state index contributed by atoms with van der Waals surface area (Å²) in [6.45, 7) is 3.95. The number of allylic oxidation sites excluding steroid dienone is 2. The second kappa shape index (κ2) is 6.41. The van der Waals surface area contributed by atoms with Gasteiger partial charge in [-0.05, 0) is 73.6 Å². The van der Waals surface area contributed by atoms with Gasteiger partial charge in [0.05, 0.1) is 23.1 Å². The van der Waals surface area contributed by atoms with Crippen LogP contribution < -0.4 is 9.64 Å². The van der Waals surface area contributed by atoms with E-state index >= 15 is 0 Å². The molecule has 146 valence electrons. The number of benzene rings is 2. The molecule has 0 aromatic heterocycles. The number of esters is 1. The summed E-state index contributed by atoms with van der Waals surface area (Å²) >= 11 is 0. The van der Waals surface area contributed by atoms with Gasteiger partial charge >= 0.3 is 5.97 Å². The fourth-order valence-corrected chi connectivity index (χ4v) is 4.87. The van der Waals surface area contributed by atoms with E-state index < -0.39 is 5.97 Å². The van der Waals surface area contributed by atoms with E-state index in [9.17, 15) is 14.4 Å². The first-order valence-corrected chi connectivity index (χ1v) is 9.89. The van der Waals surface area contributed by atoms with Gasteiger partial charge in [-0.3, -0.25) is 9.59 Å². The Hall–Kier alpha value is -3.21. The molecule has 2 aliphatic carbocycles. The SMILES string of the molecule is Cc1ccc(OC(=O)c2cccc(N3C(=O)[C@@H]4[C@H](C3=O)[C@H]3C=C[C@H]4C3)c2)cc1C. The van der Waals surface area contributed by atoms with Crippen molar-refractivity contribution >= 4 is 23.5 Å². The lowest BCUT2D eigenvalue weighted by atomic mass is 9.85. The van der Waals surface area contributed by atoms with Crippen LogP contribution in [0.2, 0.25) is 0 Å². The predicted octanol–water partition coefficient (Wildman–Crippen LogP) is 3.83. The van der Waals surface area contributed by atoms with Crippen LogP contribution in [0.5, 0.6) is 5.75 Å². The summed E-state index contributed by atoms with van der Waals surface area (Å²) in [5.74, 6) is -0.570. The van der Waals surface area contributed by atoms with Crippen LogP contribution in [-0.2, 0) is 9.59 Å². The molecule has 3 aliphatic rings. The summed E-state index contributed by atoms with van der Waals surface area (Å²) < 4.78 is 5.49. The molecule has 0 unspecified atom stereocenters. The zero-order valence-corrected chi connectivity index (χ0v) is 16.3. The maximum Gasteiger partial charge on any atom is 0.343 e. The van der Waals surface area contributed by atoms with Gasteiger partial charge in [0.2, 0.25) is 11.8 Å². The van der Waals surface area contributed by atoms with E-state index in [1.807, 2.05) is 26.0 Å². The van der Waals surface area contributed by atoms with E-state index in [0.717, 1.165) is 17.5 Å². The van der Waals surface area contributed by atoms with E-state index in [0.29, 0.717) is 17.0 Å². The zero-order valence-electron chi connectivity index (χ0n) is 16.3. The second-order valence-electron chi connectivity index (χ2n) is 8.20. The summed E-state index contributed by atoms with van der Waals surface area (Å²) in [4.78, 5) is 39.9. The molecule has 1 heterocycles. The number of fused-ring (bicyclic) bond motifs is 5. The van der Waals surface area contributed by atoms with Crippen molar-refractivity contribution in [1.82, 2.24) is 0 Å². The van der Waals surface area contributed by atoms with Gasteiger partial charge in [0, 0.05) is 0 Å². The number of aryl methyl sites for hydroxylation is 2. The summed E-state index contributed by atoms with van der Waals surface area (Å²) in [6, 6.07) is 12.0. The number of carbonyl (C=O) groups excluding carboxylic acids is 3. The molecule has 1 aliphatic heterocycles. The summed E-state index contributed by atoms with van der Waals surface area (Å²) in [7, 11) is 0.